The molecular weight excluding hydrogens is 200 g/mol. The number of aromatic nitrogens is 2. The number of aryl methyl sites for hydroxylation is 1. The van der Waals surface area contributed by atoms with E-state index >= 15 is 0 Å². The Balaban J connectivity index is 2.78. The summed E-state index contributed by atoms with van der Waals surface area (Å²) in [6.45, 7) is 6.43. The lowest BCUT2D eigenvalue weighted by Gasteiger charge is -2.14. The molecule has 0 saturated heterocycles. The smallest absolute Gasteiger partial charge is 0.132 e. The zero-order valence-corrected chi connectivity index (χ0v) is 10.7. The molecule has 0 amide bonds. The molecule has 4 heteroatoms. The van der Waals surface area contributed by atoms with Crippen molar-refractivity contribution in [3.8, 4) is 0 Å². The van der Waals surface area contributed by atoms with Gasteiger partial charge in [0.25, 0.3) is 0 Å². The maximum absolute atomic E-state index is 4.46. The number of hydrogen-bond acceptors (Lipinski definition) is 4. The highest BCUT2D eigenvalue weighted by Crippen LogP contribution is 2.13. The van der Waals surface area contributed by atoms with E-state index in [-0.39, 0.29) is 0 Å². The first-order valence-corrected chi connectivity index (χ1v) is 6.01. The second kappa shape index (κ2) is 6.30. The molecule has 0 fully saturated rings. The number of hydrogen-bond donors (Lipinski definition) is 2. The monoisotopic (exact) mass is 222 g/mol. The molecule has 0 radical (unpaired) electrons. The fourth-order valence-electron chi connectivity index (χ4n) is 1.61. The molecule has 0 spiro atoms. The van der Waals surface area contributed by atoms with Crippen molar-refractivity contribution in [3.63, 3.8) is 0 Å². The first-order chi connectivity index (χ1) is 7.69. The van der Waals surface area contributed by atoms with Crippen LogP contribution in [0.25, 0.3) is 0 Å². The molecule has 16 heavy (non-hydrogen) atoms. The molecule has 0 saturated carbocycles. The van der Waals surface area contributed by atoms with E-state index in [0.717, 1.165) is 30.3 Å². The van der Waals surface area contributed by atoms with Gasteiger partial charge in [-0.15, -0.1) is 0 Å². The summed E-state index contributed by atoms with van der Waals surface area (Å²) >= 11 is 0. The lowest BCUT2D eigenvalue weighted by molar-refractivity contribution is 0.686. The summed E-state index contributed by atoms with van der Waals surface area (Å²) in [7, 11) is 1.88. The van der Waals surface area contributed by atoms with Crippen LogP contribution in [-0.2, 0) is 6.42 Å². The van der Waals surface area contributed by atoms with E-state index in [2.05, 4.69) is 41.4 Å². The number of anilines is 2. The summed E-state index contributed by atoms with van der Waals surface area (Å²) in [6, 6.07) is 2.40. The Hall–Kier alpha value is -1.32. The van der Waals surface area contributed by atoms with Crippen molar-refractivity contribution in [2.75, 3.05) is 17.7 Å². The van der Waals surface area contributed by atoms with E-state index in [9.17, 15) is 0 Å². The van der Waals surface area contributed by atoms with Crippen molar-refractivity contribution in [2.45, 2.75) is 46.1 Å². The highest BCUT2D eigenvalue weighted by atomic mass is 15.1. The third kappa shape index (κ3) is 3.68. The Kier molecular flexibility index (Phi) is 5.02. The Morgan fingerprint density at radius 3 is 2.50 bits per heavy atom. The second-order valence-electron chi connectivity index (χ2n) is 3.99. The van der Waals surface area contributed by atoms with Gasteiger partial charge in [0.05, 0.1) is 0 Å². The van der Waals surface area contributed by atoms with Gasteiger partial charge in [-0.05, 0) is 13.3 Å². The van der Waals surface area contributed by atoms with Crippen LogP contribution in [0.1, 0.15) is 39.4 Å². The van der Waals surface area contributed by atoms with Crippen LogP contribution in [-0.4, -0.2) is 23.1 Å². The molecule has 0 aromatic carbocycles. The maximum atomic E-state index is 4.46. The van der Waals surface area contributed by atoms with Gasteiger partial charge in [0.15, 0.2) is 0 Å². The van der Waals surface area contributed by atoms with Gasteiger partial charge in [-0.2, -0.15) is 0 Å². The van der Waals surface area contributed by atoms with Crippen molar-refractivity contribution in [1.82, 2.24) is 9.97 Å². The Morgan fingerprint density at radius 1 is 1.25 bits per heavy atom. The Morgan fingerprint density at radius 2 is 1.94 bits per heavy atom. The summed E-state index contributed by atoms with van der Waals surface area (Å²) < 4.78 is 0. The fourth-order valence-corrected chi connectivity index (χ4v) is 1.61. The van der Waals surface area contributed by atoms with Crippen LogP contribution in [0.15, 0.2) is 6.07 Å². The van der Waals surface area contributed by atoms with E-state index in [1.807, 2.05) is 13.1 Å². The van der Waals surface area contributed by atoms with E-state index < -0.39 is 0 Å². The Labute approximate surface area is 97.9 Å². The summed E-state index contributed by atoms with van der Waals surface area (Å²) in [5, 5.41) is 6.46. The molecule has 90 valence electrons. The minimum Gasteiger partial charge on any atom is -0.373 e. The van der Waals surface area contributed by atoms with E-state index in [0.29, 0.717) is 6.04 Å². The SMILES string of the molecule is CCCC(C)Nc1cc(NC)nc(CC)n1. The molecular formula is C12H22N4. The standard InChI is InChI=1S/C12H22N4/c1-5-7-9(3)14-12-8-11(13-4)15-10(6-2)16-12/h8-9H,5-7H2,1-4H3,(H2,13,14,15,16). The molecule has 0 aliphatic carbocycles. The largest absolute Gasteiger partial charge is 0.373 e. The third-order valence-electron chi connectivity index (χ3n) is 2.46. The predicted molar refractivity (Wildman–Crippen MR) is 68.9 cm³/mol. The third-order valence-corrected chi connectivity index (χ3v) is 2.46. The van der Waals surface area contributed by atoms with Crippen LogP contribution in [0.4, 0.5) is 11.6 Å². The predicted octanol–water partition coefficient (Wildman–Crippen LogP) is 2.68. The molecule has 0 aliphatic heterocycles. The number of nitrogens with zero attached hydrogens (tertiary/aromatic N) is 2. The molecule has 2 N–H and O–H groups in total. The Bertz CT molecular complexity index is 303. The van der Waals surface area contributed by atoms with Crippen LogP contribution in [0, 0.1) is 0 Å². The van der Waals surface area contributed by atoms with Crippen molar-refractivity contribution >= 4 is 11.6 Å². The van der Waals surface area contributed by atoms with Gasteiger partial charge in [0, 0.05) is 25.6 Å². The highest BCUT2D eigenvalue weighted by molar-refractivity contribution is 5.47. The van der Waals surface area contributed by atoms with Crippen LogP contribution < -0.4 is 10.6 Å². The molecule has 4 nitrogen and oxygen atoms in total. The summed E-state index contributed by atoms with van der Waals surface area (Å²) in [5.74, 6) is 2.66. The fraction of sp³-hybridized carbons (Fsp3) is 0.667. The van der Waals surface area contributed by atoms with Crippen molar-refractivity contribution < 1.29 is 0 Å². The van der Waals surface area contributed by atoms with Crippen molar-refractivity contribution in [1.29, 1.82) is 0 Å². The average Bonchev–Trinajstić information content (AvgIpc) is 2.28. The molecule has 1 rings (SSSR count). The molecule has 1 aromatic rings. The average molecular weight is 222 g/mol. The molecule has 1 aromatic heterocycles. The van der Waals surface area contributed by atoms with Crippen molar-refractivity contribution in [3.05, 3.63) is 11.9 Å². The molecule has 1 atom stereocenters. The molecule has 0 bridgehead atoms. The zero-order valence-electron chi connectivity index (χ0n) is 10.7. The minimum atomic E-state index is 0.453. The van der Waals surface area contributed by atoms with Gasteiger partial charge in [-0.25, -0.2) is 9.97 Å². The first kappa shape index (κ1) is 12.7. The topological polar surface area (TPSA) is 49.8 Å². The highest BCUT2D eigenvalue weighted by Gasteiger charge is 2.05. The number of rotatable bonds is 6. The van der Waals surface area contributed by atoms with E-state index in [1.165, 1.54) is 6.42 Å². The quantitative estimate of drug-likeness (QED) is 0.777. The second-order valence-corrected chi connectivity index (χ2v) is 3.99. The van der Waals surface area contributed by atoms with Crippen LogP contribution in [0.5, 0.6) is 0 Å². The lowest BCUT2D eigenvalue weighted by Crippen LogP contribution is -2.16. The summed E-state index contributed by atoms with van der Waals surface area (Å²) in [4.78, 5) is 8.82. The van der Waals surface area contributed by atoms with Gasteiger partial charge in [0.1, 0.15) is 17.5 Å². The van der Waals surface area contributed by atoms with Gasteiger partial charge in [-0.3, -0.25) is 0 Å². The molecule has 1 heterocycles. The van der Waals surface area contributed by atoms with Gasteiger partial charge in [-0.1, -0.05) is 20.3 Å². The number of nitrogens with one attached hydrogen (secondary N) is 2. The van der Waals surface area contributed by atoms with Crippen LogP contribution >= 0.6 is 0 Å². The first-order valence-electron chi connectivity index (χ1n) is 6.01. The normalized spacial score (nSPS) is 12.2. The van der Waals surface area contributed by atoms with E-state index in [4.69, 9.17) is 0 Å². The lowest BCUT2D eigenvalue weighted by atomic mass is 10.2. The summed E-state index contributed by atoms with van der Waals surface area (Å²) in [6.07, 6.45) is 3.19. The van der Waals surface area contributed by atoms with E-state index in [1.54, 1.807) is 0 Å². The molecule has 0 aliphatic rings. The van der Waals surface area contributed by atoms with Crippen LogP contribution in [0.3, 0.4) is 0 Å². The summed E-state index contributed by atoms with van der Waals surface area (Å²) in [5.41, 5.74) is 0. The minimum absolute atomic E-state index is 0.453. The van der Waals surface area contributed by atoms with Crippen LogP contribution in [0.2, 0.25) is 0 Å². The van der Waals surface area contributed by atoms with Crippen molar-refractivity contribution in [2.24, 2.45) is 0 Å². The van der Waals surface area contributed by atoms with Gasteiger partial charge < -0.3 is 10.6 Å². The van der Waals surface area contributed by atoms with Gasteiger partial charge >= 0.3 is 0 Å². The zero-order chi connectivity index (χ0) is 12.0. The maximum Gasteiger partial charge on any atom is 0.132 e. The van der Waals surface area contributed by atoms with Gasteiger partial charge in [0.2, 0.25) is 0 Å². The molecule has 1 unspecified atom stereocenters.